The number of nitrogens with zero attached hydrogens (tertiary/aromatic N) is 4. The Kier molecular flexibility index (Phi) is 5.97. The second-order valence-corrected chi connectivity index (χ2v) is 8.61. The zero-order chi connectivity index (χ0) is 20.2. The fraction of sp³-hybridized carbons (Fsp3) is 0.227. The van der Waals surface area contributed by atoms with E-state index in [-0.39, 0.29) is 5.91 Å². The van der Waals surface area contributed by atoms with E-state index < -0.39 is 0 Å². The number of thiophene rings is 1. The van der Waals surface area contributed by atoms with Gasteiger partial charge in [0, 0.05) is 30.3 Å². The predicted octanol–water partition coefficient (Wildman–Crippen LogP) is 4.77. The summed E-state index contributed by atoms with van der Waals surface area (Å²) in [4.78, 5) is 16.1. The molecule has 0 saturated heterocycles. The summed E-state index contributed by atoms with van der Waals surface area (Å²) in [7, 11) is 1.96. The standard InChI is InChI=1S/C22H22N4OS2/c1-3-26(19-12-6-9-16-8-4-5-11-18(16)19)21(27)15-29-22-24-23-20(25(22)2)14-17-10-7-13-28-17/h4-13H,3,14-15H2,1-2H3. The van der Waals surface area contributed by atoms with Gasteiger partial charge >= 0.3 is 0 Å². The van der Waals surface area contributed by atoms with Gasteiger partial charge in [0.2, 0.25) is 5.91 Å². The SMILES string of the molecule is CCN(C(=O)CSc1nnc(Cc2cccs2)n1C)c1cccc2ccccc12. The van der Waals surface area contributed by atoms with Crippen LogP contribution >= 0.6 is 23.1 Å². The Balaban J connectivity index is 1.48. The summed E-state index contributed by atoms with van der Waals surface area (Å²) in [6, 6.07) is 18.4. The van der Waals surface area contributed by atoms with Gasteiger partial charge in [0.15, 0.2) is 5.16 Å². The van der Waals surface area contributed by atoms with Crippen molar-refractivity contribution in [2.24, 2.45) is 7.05 Å². The number of thioether (sulfide) groups is 1. The number of carbonyl (C=O) groups is 1. The Bertz CT molecular complexity index is 1120. The van der Waals surface area contributed by atoms with Crippen molar-refractivity contribution >= 4 is 45.5 Å². The lowest BCUT2D eigenvalue weighted by molar-refractivity contribution is -0.116. The lowest BCUT2D eigenvalue weighted by Gasteiger charge is -2.22. The van der Waals surface area contributed by atoms with Crippen LogP contribution in [0.4, 0.5) is 5.69 Å². The molecule has 2 heterocycles. The van der Waals surface area contributed by atoms with Gasteiger partial charge in [-0.2, -0.15) is 0 Å². The molecule has 29 heavy (non-hydrogen) atoms. The Labute approximate surface area is 178 Å². The normalized spacial score (nSPS) is 11.1. The molecule has 1 amide bonds. The molecule has 0 atom stereocenters. The van der Waals surface area contributed by atoms with Crippen molar-refractivity contribution < 1.29 is 4.79 Å². The largest absolute Gasteiger partial charge is 0.311 e. The van der Waals surface area contributed by atoms with Crippen LogP contribution in [0.3, 0.4) is 0 Å². The van der Waals surface area contributed by atoms with Crippen LogP contribution in [0.15, 0.2) is 65.1 Å². The third-order valence-electron chi connectivity index (χ3n) is 4.84. The highest BCUT2D eigenvalue weighted by Crippen LogP contribution is 2.28. The zero-order valence-electron chi connectivity index (χ0n) is 16.4. The average molecular weight is 423 g/mol. The molecule has 0 unspecified atom stereocenters. The van der Waals surface area contributed by atoms with Crippen LogP contribution in [0.25, 0.3) is 10.8 Å². The van der Waals surface area contributed by atoms with Crippen molar-refractivity contribution in [1.82, 2.24) is 14.8 Å². The van der Waals surface area contributed by atoms with Crippen molar-refractivity contribution in [2.45, 2.75) is 18.5 Å². The molecule has 0 fully saturated rings. The van der Waals surface area contributed by atoms with Crippen molar-refractivity contribution in [3.05, 3.63) is 70.7 Å². The number of anilines is 1. The molecule has 4 aromatic rings. The van der Waals surface area contributed by atoms with Gasteiger partial charge in [0.25, 0.3) is 0 Å². The maximum Gasteiger partial charge on any atom is 0.237 e. The number of amides is 1. The first-order valence-electron chi connectivity index (χ1n) is 9.49. The molecule has 7 heteroatoms. The Morgan fingerprint density at radius 3 is 2.72 bits per heavy atom. The molecule has 0 saturated carbocycles. The summed E-state index contributed by atoms with van der Waals surface area (Å²) in [5.74, 6) is 1.29. The van der Waals surface area contributed by atoms with E-state index in [9.17, 15) is 4.79 Å². The van der Waals surface area contributed by atoms with Crippen molar-refractivity contribution in [1.29, 1.82) is 0 Å². The monoisotopic (exact) mass is 422 g/mol. The van der Waals surface area contributed by atoms with Crippen LogP contribution in [-0.2, 0) is 18.3 Å². The fourth-order valence-corrected chi connectivity index (χ4v) is 4.83. The van der Waals surface area contributed by atoms with Crippen LogP contribution < -0.4 is 4.90 Å². The molecule has 0 spiro atoms. The summed E-state index contributed by atoms with van der Waals surface area (Å²) in [6.45, 7) is 2.63. The van der Waals surface area contributed by atoms with Crippen LogP contribution in [0, 0.1) is 0 Å². The minimum Gasteiger partial charge on any atom is -0.311 e. The van der Waals surface area contributed by atoms with E-state index in [1.165, 1.54) is 16.6 Å². The molecule has 2 aromatic carbocycles. The average Bonchev–Trinajstić information content (AvgIpc) is 3.38. The molecule has 0 aliphatic heterocycles. The highest BCUT2D eigenvalue weighted by atomic mass is 32.2. The lowest BCUT2D eigenvalue weighted by Crippen LogP contribution is -2.32. The van der Waals surface area contributed by atoms with Crippen molar-refractivity contribution in [3.8, 4) is 0 Å². The number of aromatic nitrogens is 3. The number of carbonyl (C=O) groups excluding carboxylic acids is 1. The predicted molar refractivity (Wildman–Crippen MR) is 121 cm³/mol. The fourth-order valence-electron chi connectivity index (χ4n) is 3.32. The third-order valence-corrected chi connectivity index (χ3v) is 6.72. The summed E-state index contributed by atoms with van der Waals surface area (Å²) >= 11 is 3.14. The quantitative estimate of drug-likeness (QED) is 0.403. The molecular formula is C22H22N4OS2. The summed E-state index contributed by atoms with van der Waals surface area (Å²) in [5.41, 5.74) is 0.951. The topological polar surface area (TPSA) is 51.0 Å². The second kappa shape index (κ2) is 8.80. The molecule has 0 aliphatic carbocycles. The Hall–Kier alpha value is -2.64. The Morgan fingerprint density at radius 1 is 1.10 bits per heavy atom. The van der Waals surface area contributed by atoms with Crippen LogP contribution in [0.2, 0.25) is 0 Å². The lowest BCUT2D eigenvalue weighted by atomic mass is 10.1. The molecule has 0 bridgehead atoms. The summed E-state index contributed by atoms with van der Waals surface area (Å²) in [6.07, 6.45) is 0.757. The van der Waals surface area contributed by atoms with Gasteiger partial charge in [-0.05, 0) is 29.8 Å². The number of benzene rings is 2. The number of fused-ring (bicyclic) bond motifs is 1. The van der Waals surface area contributed by atoms with Crippen molar-refractivity contribution in [2.75, 3.05) is 17.2 Å². The van der Waals surface area contributed by atoms with Gasteiger partial charge < -0.3 is 9.47 Å². The van der Waals surface area contributed by atoms with E-state index in [1.54, 1.807) is 11.3 Å². The molecular weight excluding hydrogens is 400 g/mol. The minimum atomic E-state index is 0.0664. The number of hydrogen-bond acceptors (Lipinski definition) is 5. The minimum absolute atomic E-state index is 0.0664. The van der Waals surface area contributed by atoms with Gasteiger partial charge in [-0.3, -0.25) is 4.79 Å². The maximum atomic E-state index is 13.0. The highest BCUT2D eigenvalue weighted by molar-refractivity contribution is 7.99. The highest BCUT2D eigenvalue weighted by Gasteiger charge is 2.18. The van der Waals surface area contributed by atoms with E-state index in [4.69, 9.17) is 0 Å². The van der Waals surface area contributed by atoms with Gasteiger partial charge in [-0.1, -0.05) is 54.2 Å². The van der Waals surface area contributed by atoms with Gasteiger partial charge in [-0.15, -0.1) is 21.5 Å². The first-order valence-corrected chi connectivity index (χ1v) is 11.4. The van der Waals surface area contributed by atoms with E-state index in [1.807, 2.05) is 53.8 Å². The summed E-state index contributed by atoms with van der Waals surface area (Å²) < 4.78 is 1.98. The number of hydrogen-bond donors (Lipinski definition) is 0. The van der Waals surface area contributed by atoms with Gasteiger partial charge in [-0.25, -0.2) is 0 Å². The molecule has 0 aliphatic rings. The zero-order valence-corrected chi connectivity index (χ0v) is 18.0. The van der Waals surface area contributed by atoms with Crippen LogP contribution in [0.1, 0.15) is 17.6 Å². The smallest absolute Gasteiger partial charge is 0.237 e. The van der Waals surface area contributed by atoms with Crippen LogP contribution in [-0.4, -0.2) is 33.0 Å². The van der Waals surface area contributed by atoms with E-state index in [2.05, 4.69) is 39.8 Å². The number of rotatable bonds is 7. The molecule has 148 valence electrons. The maximum absolute atomic E-state index is 13.0. The van der Waals surface area contributed by atoms with E-state index in [0.29, 0.717) is 12.3 Å². The Morgan fingerprint density at radius 2 is 1.93 bits per heavy atom. The molecule has 2 aromatic heterocycles. The molecule has 0 N–H and O–H groups in total. The first kappa shape index (κ1) is 19.7. The third kappa shape index (κ3) is 4.21. The van der Waals surface area contributed by atoms with Gasteiger partial charge in [0.05, 0.1) is 11.4 Å². The van der Waals surface area contributed by atoms with Crippen molar-refractivity contribution in [3.63, 3.8) is 0 Å². The van der Waals surface area contributed by atoms with Gasteiger partial charge in [0.1, 0.15) is 5.82 Å². The molecule has 4 rings (SSSR count). The summed E-state index contributed by atoms with van der Waals surface area (Å²) in [5, 5.41) is 13.6. The van der Waals surface area contributed by atoms with Crippen LogP contribution in [0.5, 0.6) is 0 Å². The second-order valence-electron chi connectivity index (χ2n) is 6.64. The van der Waals surface area contributed by atoms with E-state index in [0.717, 1.165) is 33.9 Å². The van der Waals surface area contributed by atoms with E-state index >= 15 is 0 Å². The first-order chi connectivity index (χ1) is 14.2. The molecule has 0 radical (unpaired) electrons. The molecule has 5 nitrogen and oxygen atoms in total.